The smallest absolute Gasteiger partial charge is 0.149 e. The van der Waals surface area contributed by atoms with Crippen molar-refractivity contribution in [1.82, 2.24) is 14.5 Å². The maximum absolute atomic E-state index is 11.8. The van der Waals surface area contributed by atoms with Gasteiger partial charge in [-0.2, -0.15) is 0 Å². The molecule has 0 aliphatic heterocycles. The highest BCUT2D eigenvalue weighted by molar-refractivity contribution is 5.98. The first-order valence-corrected chi connectivity index (χ1v) is 23.1. The Morgan fingerprint density at radius 2 is 1.22 bits per heavy atom. The van der Waals surface area contributed by atoms with Gasteiger partial charge in [-0.3, -0.25) is 9.55 Å². The molecule has 4 nitrogen and oxygen atoms in total. The lowest BCUT2D eigenvalue weighted by Crippen LogP contribution is -2.12. The molecule has 2 heterocycles. The second-order valence-corrected chi connectivity index (χ2v) is 21.0. The van der Waals surface area contributed by atoms with E-state index in [-0.39, 0.29) is 27.9 Å². The van der Waals surface area contributed by atoms with Gasteiger partial charge < -0.3 is 5.11 Å². The summed E-state index contributed by atoms with van der Waals surface area (Å²) >= 11 is 0. The fraction of sp³-hybridized carbons (Fsp3) is 0.300. The van der Waals surface area contributed by atoms with Gasteiger partial charge in [-0.25, -0.2) is 4.98 Å². The molecular weight excluding hydrogens is 779 g/mol. The number of benzene rings is 6. The van der Waals surface area contributed by atoms with Gasteiger partial charge in [-0.15, -0.1) is 0 Å². The lowest BCUT2D eigenvalue weighted by molar-refractivity contribution is 0.475. The van der Waals surface area contributed by atoms with Crippen LogP contribution in [-0.4, -0.2) is 19.6 Å². The van der Waals surface area contributed by atoms with Gasteiger partial charge in [-0.1, -0.05) is 173 Å². The Bertz CT molecular complexity index is 3060. The summed E-state index contributed by atoms with van der Waals surface area (Å²) in [5.74, 6) is 0.925. The van der Waals surface area contributed by atoms with E-state index in [0.717, 1.165) is 98.2 Å². The van der Waals surface area contributed by atoms with Crippen LogP contribution in [0.15, 0.2) is 146 Å². The zero-order chi connectivity index (χ0) is 46.8. The number of hydrogen-bond donors (Lipinski definition) is 1. The Hall–Kier alpha value is -6.26. The van der Waals surface area contributed by atoms with Gasteiger partial charge in [0.2, 0.25) is 0 Å². The van der Waals surface area contributed by atoms with Crippen molar-refractivity contribution in [3.05, 3.63) is 168 Å². The number of imidazole rings is 1. The average Bonchev–Trinajstić information content (AvgIpc) is 3.98. The molecule has 0 bridgehead atoms. The van der Waals surface area contributed by atoms with E-state index < -0.39 is 6.37 Å². The number of phenols is 1. The molecule has 9 rings (SSSR count). The summed E-state index contributed by atoms with van der Waals surface area (Å²) in [6.07, 6.45) is 4.66. The molecule has 0 saturated heterocycles. The van der Waals surface area contributed by atoms with Crippen LogP contribution in [0.3, 0.4) is 0 Å². The molecule has 0 spiro atoms. The van der Waals surface area contributed by atoms with Crippen LogP contribution in [0, 0.1) is 5.92 Å². The Morgan fingerprint density at radius 1 is 0.562 bits per heavy atom. The fourth-order valence-corrected chi connectivity index (χ4v) is 9.18. The summed E-state index contributed by atoms with van der Waals surface area (Å²) in [6, 6.07) is 48.7. The summed E-state index contributed by atoms with van der Waals surface area (Å²) in [7, 11) is 0. The van der Waals surface area contributed by atoms with Crippen LogP contribution in [-0.2, 0) is 22.6 Å². The number of fused-ring (bicyclic) bond motifs is 1. The number of aromatic nitrogens is 3. The lowest BCUT2D eigenvalue weighted by atomic mass is 9.83. The molecule has 0 unspecified atom stereocenters. The quantitative estimate of drug-likeness (QED) is 0.166. The van der Waals surface area contributed by atoms with Crippen LogP contribution in [0.25, 0.3) is 72.7 Å². The van der Waals surface area contributed by atoms with Crippen LogP contribution in [0.2, 0.25) is 0 Å². The highest BCUT2D eigenvalue weighted by Crippen LogP contribution is 2.43. The summed E-state index contributed by atoms with van der Waals surface area (Å²) in [4.78, 5) is 10.5. The minimum Gasteiger partial charge on any atom is -0.507 e. The van der Waals surface area contributed by atoms with E-state index in [0.29, 0.717) is 11.4 Å². The van der Waals surface area contributed by atoms with Crippen molar-refractivity contribution in [1.29, 1.82) is 0 Å². The average molecular weight is 844 g/mol. The van der Waals surface area contributed by atoms with Crippen molar-refractivity contribution < 1.29 is 7.85 Å². The van der Waals surface area contributed by atoms with Gasteiger partial charge in [0, 0.05) is 25.6 Å². The lowest BCUT2D eigenvalue weighted by Gasteiger charge is -2.23. The molecule has 64 heavy (non-hydrogen) atoms. The molecule has 0 atom stereocenters. The van der Waals surface area contributed by atoms with Crippen LogP contribution < -0.4 is 0 Å². The van der Waals surface area contributed by atoms with E-state index in [2.05, 4.69) is 176 Å². The number of aromatic hydroxyl groups is 1. The third kappa shape index (κ3) is 8.68. The Kier molecular flexibility index (Phi) is 10.6. The van der Waals surface area contributed by atoms with Gasteiger partial charge in [0.05, 0.1) is 28.0 Å². The van der Waals surface area contributed by atoms with E-state index in [4.69, 9.17) is 12.7 Å². The fourth-order valence-electron chi connectivity index (χ4n) is 9.18. The topological polar surface area (TPSA) is 50.9 Å². The van der Waals surface area contributed by atoms with Crippen LogP contribution in [0.4, 0.5) is 0 Å². The molecule has 1 N–H and O–H groups in total. The first-order valence-electron chi connectivity index (χ1n) is 24.1. The van der Waals surface area contributed by atoms with E-state index in [9.17, 15) is 5.11 Å². The summed E-state index contributed by atoms with van der Waals surface area (Å²) in [6.45, 7) is 20.1. The molecule has 0 amide bonds. The minimum atomic E-state index is -1.33. The normalized spacial score (nSPS) is 14.5. The van der Waals surface area contributed by atoms with Gasteiger partial charge in [0.15, 0.2) is 0 Å². The molecular formula is C60H63N3O. The molecule has 4 heteroatoms. The first-order chi connectivity index (χ1) is 31.3. The standard InChI is InChI=1S/C60H63N3O/c1-58(2,3)46-26-28-53(50(37-46)42-18-11-10-12-19-42)63-54-21-15-20-49(56(54)62-57(63)51-38-47(59(4,5)6)27-29-55(51)64)44-33-45(35-48(34-44)60(7,8)9)52-36-43(30-31-61-52)41-24-22-40(23-25-41)32-39-16-13-14-17-39/h10-12,15,18-31,33-39,64H,13-14,16-17,32H2,1-9H3/i32D2. The first kappa shape index (κ1) is 40.5. The van der Waals surface area contributed by atoms with E-state index >= 15 is 0 Å². The number of rotatable bonds is 8. The highest BCUT2D eigenvalue weighted by Gasteiger charge is 2.26. The van der Waals surface area contributed by atoms with E-state index in [1.54, 1.807) is 0 Å². The predicted molar refractivity (Wildman–Crippen MR) is 269 cm³/mol. The largest absolute Gasteiger partial charge is 0.507 e. The molecule has 1 fully saturated rings. The molecule has 324 valence electrons. The Morgan fingerprint density at radius 3 is 1.91 bits per heavy atom. The second kappa shape index (κ2) is 16.7. The third-order valence-corrected chi connectivity index (χ3v) is 13.1. The van der Waals surface area contributed by atoms with Gasteiger partial charge in [0.25, 0.3) is 0 Å². The maximum Gasteiger partial charge on any atom is 0.149 e. The number of phenolic OH excluding ortho intramolecular Hbond substituents is 1. The van der Waals surface area contributed by atoms with Crippen LogP contribution in [0.1, 0.15) is 113 Å². The van der Waals surface area contributed by atoms with Crippen molar-refractivity contribution in [2.24, 2.45) is 5.92 Å². The number of hydrogen-bond acceptors (Lipinski definition) is 3. The van der Waals surface area contributed by atoms with Gasteiger partial charge in [-0.05, 0) is 128 Å². The summed E-state index contributed by atoms with van der Waals surface area (Å²) < 4.78 is 20.2. The number of para-hydroxylation sites is 1. The Labute approximate surface area is 383 Å². The molecule has 1 aliphatic carbocycles. The van der Waals surface area contributed by atoms with Crippen LogP contribution in [0.5, 0.6) is 5.75 Å². The number of pyridine rings is 1. The second-order valence-electron chi connectivity index (χ2n) is 21.0. The third-order valence-electron chi connectivity index (χ3n) is 13.1. The van der Waals surface area contributed by atoms with Crippen molar-refractivity contribution in [2.45, 2.75) is 111 Å². The van der Waals surface area contributed by atoms with E-state index in [1.165, 1.54) is 11.1 Å². The van der Waals surface area contributed by atoms with Crippen molar-refractivity contribution in [3.63, 3.8) is 0 Å². The van der Waals surface area contributed by atoms with Crippen molar-refractivity contribution in [3.8, 4) is 67.5 Å². The van der Waals surface area contributed by atoms with Crippen molar-refractivity contribution >= 4 is 11.0 Å². The zero-order valence-corrected chi connectivity index (χ0v) is 39.1. The molecule has 8 aromatic rings. The predicted octanol–water partition coefficient (Wildman–Crippen LogP) is 16.1. The monoisotopic (exact) mass is 844 g/mol. The molecule has 0 radical (unpaired) electrons. The van der Waals surface area contributed by atoms with E-state index in [1.807, 2.05) is 36.5 Å². The molecule has 1 saturated carbocycles. The maximum atomic E-state index is 11.8. The molecule has 2 aromatic heterocycles. The zero-order valence-electron chi connectivity index (χ0n) is 41.1. The van der Waals surface area contributed by atoms with Gasteiger partial charge in [0.1, 0.15) is 11.6 Å². The SMILES string of the molecule is [2H]C([2H])(c1ccc(-c2ccnc(-c3cc(-c4cccc5c4nc(-c4cc(C(C)(C)C)ccc4O)n5-c4ccc(C(C)(C)C)cc4-c4ccccc4)cc(C(C)(C)C)c3)c2)cc1)C1CCCC1. The summed E-state index contributed by atoms with van der Waals surface area (Å²) in [5.41, 5.74) is 15.4. The Balaban J connectivity index is 1.24. The van der Waals surface area contributed by atoms with Crippen molar-refractivity contribution in [2.75, 3.05) is 0 Å². The number of nitrogens with zero attached hydrogens (tertiary/aromatic N) is 3. The summed E-state index contributed by atoms with van der Waals surface area (Å²) in [5, 5.41) is 11.8. The van der Waals surface area contributed by atoms with Crippen LogP contribution >= 0.6 is 0 Å². The highest BCUT2D eigenvalue weighted by atomic mass is 16.3. The minimum absolute atomic E-state index is 0.0740. The molecule has 6 aromatic carbocycles. The molecule has 1 aliphatic rings. The van der Waals surface area contributed by atoms with Gasteiger partial charge >= 0.3 is 0 Å².